The number of carbonyl (C=O) groups is 2. The van der Waals surface area contributed by atoms with Crippen molar-refractivity contribution in [3.05, 3.63) is 84.2 Å². The lowest BCUT2D eigenvalue weighted by Gasteiger charge is -2.11. The summed E-state index contributed by atoms with van der Waals surface area (Å²) in [6.07, 6.45) is 3.11. The van der Waals surface area contributed by atoms with Crippen molar-refractivity contribution in [3.8, 4) is 5.75 Å². The Hall–Kier alpha value is -3.67. The van der Waals surface area contributed by atoms with E-state index in [0.29, 0.717) is 28.3 Å². The van der Waals surface area contributed by atoms with Crippen molar-refractivity contribution in [2.75, 3.05) is 17.7 Å². The Kier molecular flexibility index (Phi) is 5.24. The van der Waals surface area contributed by atoms with E-state index in [9.17, 15) is 9.59 Å². The van der Waals surface area contributed by atoms with Gasteiger partial charge in [-0.2, -0.15) is 0 Å². The first-order valence-electron chi connectivity index (χ1n) is 7.93. The second-order valence-electron chi connectivity index (χ2n) is 5.43. The van der Waals surface area contributed by atoms with Gasteiger partial charge in [0, 0.05) is 29.3 Å². The summed E-state index contributed by atoms with van der Waals surface area (Å²) in [6.45, 7) is 0. The van der Waals surface area contributed by atoms with E-state index in [1.807, 2.05) is 0 Å². The molecule has 0 saturated carbocycles. The third-order valence-electron chi connectivity index (χ3n) is 3.67. The van der Waals surface area contributed by atoms with Gasteiger partial charge in [0.2, 0.25) is 0 Å². The highest BCUT2D eigenvalue weighted by Gasteiger charge is 2.12. The topological polar surface area (TPSA) is 80.3 Å². The van der Waals surface area contributed by atoms with Gasteiger partial charge in [0.25, 0.3) is 11.8 Å². The third kappa shape index (κ3) is 4.05. The molecule has 26 heavy (non-hydrogen) atoms. The molecule has 2 aromatic carbocycles. The van der Waals surface area contributed by atoms with Crippen molar-refractivity contribution in [1.82, 2.24) is 4.98 Å². The molecule has 0 aliphatic heterocycles. The number of aromatic nitrogens is 1. The number of pyridine rings is 1. The molecule has 0 atom stereocenters. The van der Waals surface area contributed by atoms with Crippen LogP contribution in [0.3, 0.4) is 0 Å². The van der Waals surface area contributed by atoms with Crippen molar-refractivity contribution < 1.29 is 14.3 Å². The number of nitrogens with zero attached hydrogens (tertiary/aromatic N) is 1. The number of ether oxygens (including phenoxy) is 1. The van der Waals surface area contributed by atoms with Crippen molar-refractivity contribution in [3.63, 3.8) is 0 Å². The van der Waals surface area contributed by atoms with Gasteiger partial charge >= 0.3 is 0 Å². The van der Waals surface area contributed by atoms with E-state index >= 15 is 0 Å². The highest BCUT2D eigenvalue weighted by atomic mass is 16.5. The largest absolute Gasteiger partial charge is 0.496 e. The van der Waals surface area contributed by atoms with E-state index in [-0.39, 0.29) is 11.8 Å². The number of para-hydroxylation sites is 1. The summed E-state index contributed by atoms with van der Waals surface area (Å²) >= 11 is 0. The van der Waals surface area contributed by atoms with Crippen LogP contribution in [0.15, 0.2) is 73.1 Å². The highest BCUT2D eigenvalue weighted by Crippen LogP contribution is 2.21. The summed E-state index contributed by atoms with van der Waals surface area (Å²) in [4.78, 5) is 28.6. The number of carbonyl (C=O) groups excluding carboxylic acids is 2. The second-order valence-corrected chi connectivity index (χ2v) is 5.43. The summed E-state index contributed by atoms with van der Waals surface area (Å²) in [6, 6.07) is 17.2. The molecular formula is C20H17N3O3. The van der Waals surface area contributed by atoms with Crippen LogP contribution in [0.25, 0.3) is 0 Å². The zero-order valence-corrected chi connectivity index (χ0v) is 14.1. The van der Waals surface area contributed by atoms with Crippen LogP contribution >= 0.6 is 0 Å². The molecule has 0 saturated heterocycles. The van der Waals surface area contributed by atoms with E-state index in [1.165, 1.54) is 7.11 Å². The first-order chi connectivity index (χ1) is 12.7. The van der Waals surface area contributed by atoms with Gasteiger partial charge in [-0.25, -0.2) is 0 Å². The summed E-state index contributed by atoms with van der Waals surface area (Å²) in [5.41, 5.74) is 2.07. The van der Waals surface area contributed by atoms with E-state index < -0.39 is 0 Å². The molecule has 0 aliphatic carbocycles. The Morgan fingerprint density at radius 1 is 0.846 bits per heavy atom. The third-order valence-corrected chi connectivity index (χ3v) is 3.67. The van der Waals surface area contributed by atoms with Gasteiger partial charge in [0.15, 0.2) is 0 Å². The maximum absolute atomic E-state index is 12.5. The van der Waals surface area contributed by atoms with E-state index in [2.05, 4.69) is 15.6 Å². The molecule has 6 nitrogen and oxygen atoms in total. The standard InChI is InChI=1S/C20H17N3O3/c1-26-18-8-3-2-7-17(18)20(25)23-16-6-4-5-15(13-16)22-19(24)14-9-11-21-12-10-14/h2-13H,1H3,(H,22,24)(H,23,25). The lowest BCUT2D eigenvalue weighted by atomic mass is 10.1. The van der Waals surface area contributed by atoms with Gasteiger partial charge < -0.3 is 15.4 Å². The minimum Gasteiger partial charge on any atom is -0.496 e. The molecular weight excluding hydrogens is 330 g/mol. The van der Waals surface area contributed by atoms with Crippen LogP contribution in [-0.4, -0.2) is 23.9 Å². The Labute approximate surface area is 150 Å². The van der Waals surface area contributed by atoms with Crippen molar-refractivity contribution >= 4 is 23.2 Å². The first kappa shape index (κ1) is 17.2. The average Bonchev–Trinajstić information content (AvgIpc) is 2.69. The monoisotopic (exact) mass is 347 g/mol. The number of amides is 2. The number of rotatable bonds is 5. The van der Waals surface area contributed by atoms with Crippen LogP contribution in [0, 0.1) is 0 Å². The van der Waals surface area contributed by atoms with Crippen LogP contribution in [0.4, 0.5) is 11.4 Å². The highest BCUT2D eigenvalue weighted by molar-refractivity contribution is 6.07. The molecule has 130 valence electrons. The second kappa shape index (κ2) is 7.94. The van der Waals surface area contributed by atoms with Crippen molar-refractivity contribution in [2.24, 2.45) is 0 Å². The van der Waals surface area contributed by atoms with Crippen LogP contribution in [0.2, 0.25) is 0 Å². The van der Waals surface area contributed by atoms with E-state index in [0.717, 1.165) is 0 Å². The zero-order valence-electron chi connectivity index (χ0n) is 14.1. The van der Waals surface area contributed by atoms with Crippen LogP contribution < -0.4 is 15.4 Å². The minimum atomic E-state index is -0.292. The predicted octanol–water partition coefficient (Wildman–Crippen LogP) is 3.59. The maximum Gasteiger partial charge on any atom is 0.259 e. The lowest BCUT2D eigenvalue weighted by molar-refractivity contribution is 0.101. The molecule has 6 heteroatoms. The van der Waals surface area contributed by atoms with Crippen LogP contribution in [-0.2, 0) is 0 Å². The predicted molar refractivity (Wildman–Crippen MR) is 99.6 cm³/mol. The summed E-state index contributed by atoms with van der Waals surface area (Å²) < 4.78 is 5.21. The number of methoxy groups -OCH3 is 1. The number of anilines is 2. The molecule has 3 rings (SSSR count). The smallest absolute Gasteiger partial charge is 0.259 e. The Balaban J connectivity index is 1.73. The van der Waals surface area contributed by atoms with Gasteiger partial charge in [-0.3, -0.25) is 14.6 Å². The van der Waals surface area contributed by atoms with Gasteiger partial charge in [0.1, 0.15) is 5.75 Å². The SMILES string of the molecule is COc1ccccc1C(=O)Nc1cccc(NC(=O)c2ccncc2)c1. The van der Waals surface area contributed by atoms with Gasteiger partial charge in [-0.15, -0.1) is 0 Å². The number of nitrogens with one attached hydrogen (secondary N) is 2. The van der Waals surface area contributed by atoms with Gasteiger partial charge in [-0.1, -0.05) is 18.2 Å². The average molecular weight is 347 g/mol. The summed E-state index contributed by atoms with van der Waals surface area (Å²) in [5.74, 6) is -0.0483. The van der Waals surface area contributed by atoms with Gasteiger partial charge in [-0.05, 0) is 42.5 Å². The fraction of sp³-hybridized carbons (Fsp3) is 0.0500. The number of benzene rings is 2. The van der Waals surface area contributed by atoms with E-state index in [1.54, 1.807) is 73.1 Å². The molecule has 0 radical (unpaired) electrons. The van der Waals surface area contributed by atoms with Crippen molar-refractivity contribution in [1.29, 1.82) is 0 Å². The summed E-state index contributed by atoms with van der Waals surface area (Å²) in [7, 11) is 1.52. The fourth-order valence-corrected chi connectivity index (χ4v) is 2.41. The normalized spacial score (nSPS) is 10.0. The van der Waals surface area contributed by atoms with Gasteiger partial charge in [0.05, 0.1) is 12.7 Å². The molecule has 0 aliphatic rings. The summed E-state index contributed by atoms with van der Waals surface area (Å²) in [5, 5.41) is 5.60. The van der Waals surface area contributed by atoms with Crippen molar-refractivity contribution in [2.45, 2.75) is 0 Å². The first-order valence-corrected chi connectivity index (χ1v) is 7.93. The molecule has 2 N–H and O–H groups in total. The molecule has 0 bridgehead atoms. The molecule has 3 aromatic rings. The molecule has 1 heterocycles. The van der Waals surface area contributed by atoms with Crippen LogP contribution in [0.1, 0.15) is 20.7 Å². The Morgan fingerprint density at radius 2 is 1.50 bits per heavy atom. The Bertz CT molecular complexity index is 926. The molecule has 0 unspecified atom stereocenters. The number of hydrogen-bond acceptors (Lipinski definition) is 4. The Morgan fingerprint density at radius 3 is 2.19 bits per heavy atom. The molecule has 0 fully saturated rings. The minimum absolute atomic E-state index is 0.249. The quantitative estimate of drug-likeness (QED) is 0.739. The fourth-order valence-electron chi connectivity index (χ4n) is 2.41. The van der Waals surface area contributed by atoms with Crippen LogP contribution in [0.5, 0.6) is 5.75 Å². The lowest BCUT2D eigenvalue weighted by Crippen LogP contribution is -2.14. The number of hydrogen-bond donors (Lipinski definition) is 2. The molecule has 1 aromatic heterocycles. The molecule has 0 spiro atoms. The molecule has 2 amide bonds. The zero-order chi connectivity index (χ0) is 18.4. The van der Waals surface area contributed by atoms with E-state index in [4.69, 9.17) is 4.74 Å². The maximum atomic E-state index is 12.5.